The first-order valence-corrected chi connectivity index (χ1v) is 11.2. The van der Waals surface area contributed by atoms with Gasteiger partial charge >= 0.3 is 0 Å². The number of rotatable bonds is 11. The lowest BCUT2D eigenvalue weighted by molar-refractivity contribution is 0.115. The van der Waals surface area contributed by atoms with E-state index in [0.29, 0.717) is 0 Å². The molecule has 0 unspecified atom stereocenters. The van der Waals surface area contributed by atoms with Gasteiger partial charge in [0.25, 0.3) is 0 Å². The second-order valence-corrected chi connectivity index (χ2v) is 8.18. The van der Waals surface area contributed by atoms with Crippen LogP contribution in [0.5, 0.6) is 11.5 Å². The number of aliphatic imine (C=N–C) groups is 1. The van der Waals surface area contributed by atoms with Crippen LogP contribution in [0.4, 0.5) is 0 Å². The van der Waals surface area contributed by atoms with E-state index in [1.54, 1.807) is 14.2 Å². The van der Waals surface area contributed by atoms with Crippen molar-refractivity contribution in [3.05, 3.63) is 23.3 Å². The summed E-state index contributed by atoms with van der Waals surface area (Å²) in [5.41, 5.74) is 2.67. The molecule has 1 aliphatic carbocycles. The van der Waals surface area contributed by atoms with E-state index in [9.17, 15) is 0 Å². The van der Waals surface area contributed by atoms with Crippen LogP contribution in [0.25, 0.3) is 0 Å². The monoisotopic (exact) mass is 418 g/mol. The van der Waals surface area contributed by atoms with Crippen molar-refractivity contribution in [2.24, 2.45) is 10.9 Å². The third-order valence-corrected chi connectivity index (χ3v) is 5.79. The average Bonchev–Trinajstić information content (AvgIpc) is 3.59. The maximum Gasteiger partial charge on any atom is 0.193 e. The molecule has 0 spiro atoms. The van der Waals surface area contributed by atoms with Crippen LogP contribution in [-0.2, 0) is 17.7 Å². The number of hydrogen-bond donors (Lipinski definition) is 1. The van der Waals surface area contributed by atoms with Gasteiger partial charge in [0.05, 0.1) is 27.4 Å². The first-order chi connectivity index (χ1) is 14.6. The summed E-state index contributed by atoms with van der Waals surface area (Å²) in [5.74, 6) is 3.38. The van der Waals surface area contributed by atoms with E-state index in [4.69, 9.17) is 19.2 Å². The lowest BCUT2D eigenvalue weighted by Crippen LogP contribution is -2.41. The van der Waals surface area contributed by atoms with Gasteiger partial charge in [0.15, 0.2) is 17.5 Å². The van der Waals surface area contributed by atoms with Crippen LogP contribution >= 0.6 is 0 Å². The molecular weight excluding hydrogens is 380 g/mol. The number of nitrogens with one attached hydrogen (secondary N) is 1. The smallest absolute Gasteiger partial charge is 0.193 e. The van der Waals surface area contributed by atoms with Crippen LogP contribution in [0, 0.1) is 5.92 Å². The highest BCUT2D eigenvalue weighted by molar-refractivity contribution is 5.79. The Morgan fingerprint density at radius 3 is 2.60 bits per heavy atom. The molecule has 1 aromatic rings. The Balaban J connectivity index is 1.48. The first-order valence-electron chi connectivity index (χ1n) is 11.2. The molecule has 0 atom stereocenters. The van der Waals surface area contributed by atoms with Gasteiger partial charge in [0.1, 0.15) is 0 Å². The number of guanidine groups is 1. The minimum absolute atomic E-state index is 0.756. The predicted octanol–water partition coefficient (Wildman–Crippen LogP) is 2.39. The van der Waals surface area contributed by atoms with E-state index in [1.165, 1.54) is 24.0 Å². The Morgan fingerprint density at radius 2 is 1.93 bits per heavy atom. The maximum atomic E-state index is 5.77. The molecule has 1 heterocycles. The molecule has 168 valence electrons. The number of ether oxygens (including phenoxy) is 3. The molecule has 0 saturated heterocycles. The molecule has 0 radical (unpaired) electrons. The normalized spacial score (nSPS) is 16.9. The van der Waals surface area contributed by atoms with Gasteiger partial charge in [0, 0.05) is 46.4 Å². The zero-order valence-electron chi connectivity index (χ0n) is 19.1. The van der Waals surface area contributed by atoms with Crippen LogP contribution in [0.2, 0.25) is 0 Å². The van der Waals surface area contributed by atoms with Gasteiger partial charge in [-0.2, -0.15) is 0 Å². The zero-order chi connectivity index (χ0) is 21.3. The van der Waals surface area contributed by atoms with Crippen molar-refractivity contribution in [3.63, 3.8) is 0 Å². The van der Waals surface area contributed by atoms with Crippen molar-refractivity contribution in [3.8, 4) is 11.5 Å². The number of fused-ring (bicyclic) bond motifs is 1. The van der Waals surface area contributed by atoms with Gasteiger partial charge < -0.3 is 24.4 Å². The molecule has 1 N–H and O–H groups in total. The molecule has 0 aromatic heterocycles. The van der Waals surface area contributed by atoms with Crippen LogP contribution in [0.1, 0.15) is 30.9 Å². The summed E-state index contributed by atoms with van der Waals surface area (Å²) in [6.45, 7) is 9.18. The fourth-order valence-electron chi connectivity index (χ4n) is 3.74. The average molecular weight is 419 g/mol. The van der Waals surface area contributed by atoms with E-state index in [-0.39, 0.29) is 0 Å². The van der Waals surface area contributed by atoms with Gasteiger partial charge in [-0.05, 0) is 55.4 Å². The van der Waals surface area contributed by atoms with Crippen molar-refractivity contribution in [1.82, 2.24) is 15.1 Å². The Labute approximate surface area is 181 Å². The summed E-state index contributed by atoms with van der Waals surface area (Å²) in [6.07, 6.45) is 3.69. The van der Waals surface area contributed by atoms with Crippen molar-refractivity contribution >= 4 is 5.96 Å². The Kier molecular flexibility index (Phi) is 8.63. The van der Waals surface area contributed by atoms with E-state index < -0.39 is 0 Å². The van der Waals surface area contributed by atoms with E-state index in [0.717, 1.165) is 82.3 Å². The van der Waals surface area contributed by atoms with Crippen LogP contribution in [0.3, 0.4) is 0 Å². The van der Waals surface area contributed by atoms with Crippen molar-refractivity contribution < 1.29 is 14.2 Å². The minimum atomic E-state index is 0.756. The molecule has 7 nitrogen and oxygen atoms in total. The summed E-state index contributed by atoms with van der Waals surface area (Å²) < 4.78 is 16.7. The fraction of sp³-hybridized carbons (Fsp3) is 0.696. The molecule has 3 rings (SSSR count). The molecule has 1 aromatic carbocycles. The molecule has 0 amide bonds. The number of benzene rings is 1. The van der Waals surface area contributed by atoms with Crippen molar-refractivity contribution in [1.29, 1.82) is 0 Å². The molecule has 0 bridgehead atoms. The van der Waals surface area contributed by atoms with Gasteiger partial charge in [0.2, 0.25) is 0 Å². The summed E-state index contributed by atoms with van der Waals surface area (Å²) in [6, 6.07) is 4.23. The van der Waals surface area contributed by atoms with Gasteiger partial charge in [-0.1, -0.05) is 0 Å². The summed E-state index contributed by atoms with van der Waals surface area (Å²) in [4.78, 5) is 9.46. The van der Waals surface area contributed by atoms with Gasteiger partial charge in [-0.3, -0.25) is 9.89 Å². The maximum absolute atomic E-state index is 5.77. The standard InChI is InChI=1S/C23H38N4O3/c1-5-24-23(26(2)12-13-30-17-18-6-7-18)25-9-11-27-10-8-19-14-21(28-3)22(29-4)15-20(19)16-27/h14-15,18H,5-13,16-17H2,1-4H3,(H,24,25). The summed E-state index contributed by atoms with van der Waals surface area (Å²) in [5, 5.41) is 3.40. The largest absolute Gasteiger partial charge is 0.493 e. The second-order valence-electron chi connectivity index (χ2n) is 8.18. The first kappa shape index (κ1) is 22.7. The Bertz CT molecular complexity index is 706. The van der Waals surface area contributed by atoms with Crippen molar-refractivity contribution in [2.75, 3.05) is 67.2 Å². The molecule has 1 saturated carbocycles. The lowest BCUT2D eigenvalue weighted by atomic mass is 9.99. The van der Waals surface area contributed by atoms with Gasteiger partial charge in [-0.15, -0.1) is 0 Å². The highest BCUT2D eigenvalue weighted by Crippen LogP contribution is 2.33. The number of nitrogens with zero attached hydrogens (tertiary/aromatic N) is 3. The molecule has 7 heteroatoms. The Hall–Kier alpha value is -1.99. The quantitative estimate of drug-likeness (QED) is 0.338. The van der Waals surface area contributed by atoms with E-state index >= 15 is 0 Å². The second kappa shape index (κ2) is 11.4. The molecule has 1 aliphatic heterocycles. The van der Waals surface area contributed by atoms with Crippen molar-refractivity contribution in [2.45, 2.75) is 32.7 Å². The number of hydrogen-bond acceptors (Lipinski definition) is 5. The van der Waals surface area contributed by atoms with Crippen LogP contribution in [0.15, 0.2) is 17.1 Å². The molecule has 1 fully saturated rings. The molecular formula is C23H38N4O3. The fourth-order valence-corrected chi connectivity index (χ4v) is 3.74. The molecule has 30 heavy (non-hydrogen) atoms. The predicted molar refractivity (Wildman–Crippen MR) is 121 cm³/mol. The van der Waals surface area contributed by atoms with E-state index in [2.05, 4.69) is 41.2 Å². The zero-order valence-corrected chi connectivity index (χ0v) is 19.1. The Morgan fingerprint density at radius 1 is 1.20 bits per heavy atom. The van der Waals surface area contributed by atoms with Crippen LogP contribution in [-0.4, -0.2) is 83.0 Å². The van der Waals surface area contributed by atoms with E-state index in [1.807, 2.05) is 0 Å². The highest BCUT2D eigenvalue weighted by Gasteiger charge is 2.21. The lowest BCUT2D eigenvalue weighted by Gasteiger charge is -2.29. The molecule has 2 aliphatic rings. The SMILES string of the molecule is CCNC(=NCCN1CCc2cc(OC)c(OC)cc2C1)N(C)CCOCC1CC1. The minimum Gasteiger partial charge on any atom is -0.493 e. The summed E-state index contributed by atoms with van der Waals surface area (Å²) >= 11 is 0. The number of methoxy groups -OCH3 is 2. The third kappa shape index (κ3) is 6.51. The van der Waals surface area contributed by atoms with Gasteiger partial charge in [-0.25, -0.2) is 0 Å². The summed E-state index contributed by atoms with van der Waals surface area (Å²) in [7, 11) is 5.46. The number of likely N-dealkylation sites (N-methyl/N-ethyl adjacent to an activating group) is 1. The third-order valence-electron chi connectivity index (χ3n) is 5.79. The topological polar surface area (TPSA) is 58.6 Å². The van der Waals surface area contributed by atoms with Crippen LogP contribution < -0.4 is 14.8 Å². The highest BCUT2D eigenvalue weighted by atomic mass is 16.5.